The summed E-state index contributed by atoms with van der Waals surface area (Å²) < 4.78 is 10.9. The number of carbonyl (C=O) groups is 4. The standard InChI is InChI=1S/C22H40N4O10/c1-12(23)20(33)26-14(7-8-16(24)29)21(34)25-9-5-3-4-6-10-35-22(13(2)28)19(32)18(31)17(30)15(11-27)36-22/h12,14-15,17-19,27,30-32H,3-11,23H2,1-2H3,(H2,24,29)(H,25,34)(H,26,33)/t12-,14-,15-,17-,18+,19+,22-/m0/s1. The van der Waals surface area contributed by atoms with Gasteiger partial charge in [0.25, 0.3) is 5.79 Å². The zero-order valence-electron chi connectivity index (χ0n) is 20.7. The molecule has 0 aliphatic carbocycles. The van der Waals surface area contributed by atoms with Crippen molar-refractivity contribution < 1.29 is 49.1 Å². The van der Waals surface area contributed by atoms with Gasteiger partial charge in [-0.25, -0.2) is 0 Å². The number of carbonyl (C=O) groups excluding carboxylic acids is 4. The Labute approximate surface area is 209 Å². The van der Waals surface area contributed by atoms with Crippen molar-refractivity contribution >= 4 is 23.5 Å². The van der Waals surface area contributed by atoms with Gasteiger partial charge in [-0.1, -0.05) is 12.8 Å². The van der Waals surface area contributed by atoms with Crippen molar-refractivity contribution in [1.82, 2.24) is 10.6 Å². The molecule has 0 aromatic heterocycles. The molecule has 0 aromatic carbocycles. The molecule has 0 aromatic rings. The summed E-state index contributed by atoms with van der Waals surface area (Å²) in [6, 6.07) is -1.76. The van der Waals surface area contributed by atoms with Crippen LogP contribution < -0.4 is 22.1 Å². The molecule has 1 heterocycles. The van der Waals surface area contributed by atoms with Crippen molar-refractivity contribution in [3.05, 3.63) is 0 Å². The first-order chi connectivity index (χ1) is 16.9. The van der Waals surface area contributed by atoms with Crippen LogP contribution in [0.3, 0.4) is 0 Å². The van der Waals surface area contributed by atoms with E-state index in [2.05, 4.69) is 10.6 Å². The highest BCUT2D eigenvalue weighted by Crippen LogP contribution is 2.32. The van der Waals surface area contributed by atoms with E-state index in [0.717, 1.165) is 6.92 Å². The minimum absolute atomic E-state index is 0.0114. The molecule has 1 fully saturated rings. The van der Waals surface area contributed by atoms with Crippen LogP contribution in [0.2, 0.25) is 0 Å². The molecule has 36 heavy (non-hydrogen) atoms. The van der Waals surface area contributed by atoms with Crippen LogP contribution in [0.15, 0.2) is 0 Å². The highest BCUT2D eigenvalue weighted by molar-refractivity contribution is 5.90. The number of amides is 3. The van der Waals surface area contributed by atoms with Gasteiger partial charge in [0.1, 0.15) is 30.5 Å². The molecule has 10 N–H and O–H groups in total. The van der Waals surface area contributed by atoms with Crippen LogP contribution in [-0.4, -0.2) is 106 Å². The van der Waals surface area contributed by atoms with E-state index < -0.39 is 72.4 Å². The summed E-state index contributed by atoms with van der Waals surface area (Å²) in [5.41, 5.74) is 10.6. The number of Topliss-reactive ketones (excluding diaryl/α,β-unsaturated/α-hetero) is 1. The summed E-state index contributed by atoms with van der Waals surface area (Å²) in [5.74, 6) is -4.50. The first-order valence-electron chi connectivity index (χ1n) is 12.0. The van der Waals surface area contributed by atoms with Crippen LogP contribution in [0, 0.1) is 0 Å². The summed E-state index contributed by atoms with van der Waals surface area (Å²) >= 11 is 0. The van der Waals surface area contributed by atoms with Gasteiger partial charge in [0.2, 0.25) is 17.7 Å². The average molecular weight is 521 g/mol. The monoisotopic (exact) mass is 520 g/mol. The molecule has 3 amide bonds. The van der Waals surface area contributed by atoms with Crippen molar-refractivity contribution in [2.24, 2.45) is 11.5 Å². The SMILES string of the molecule is CC(=O)[C@]1(OCCCCCCNC(=O)[C@H](CCC(N)=O)NC(=O)[C@H](C)N)O[C@@H](CO)[C@H](O)[C@@H](O)[C@H]1O. The molecular weight excluding hydrogens is 480 g/mol. The van der Waals surface area contributed by atoms with Crippen molar-refractivity contribution in [1.29, 1.82) is 0 Å². The highest BCUT2D eigenvalue weighted by atomic mass is 16.7. The van der Waals surface area contributed by atoms with E-state index in [4.69, 9.17) is 20.9 Å². The fraction of sp³-hybridized carbons (Fsp3) is 0.818. The van der Waals surface area contributed by atoms with E-state index in [9.17, 15) is 39.6 Å². The Morgan fingerprint density at radius 1 is 1.06 bits per heavy atom. The number of aliphatic hydroxyl groups excluding tert-OH is 4. The second-order valence-electron chi connectivity index (χ2n) is 8.90. The number of unbranched alkanes of at least 4 members (excludes halogenated alkanes) is 3. The number of hydrogen-bond donors (Lipinski definition) is 8. The van der Waals surface area contributed by atoms with Crippen LogP contribution in [0.5, 0.6) is 0 Å². The molecule has 0 unspecified atom stereocenters. The average Bonchev–Trinajstić information content (AvgIpc) is 2.82. The number of rotatable bonds is 16. The van der Waals surface area contributed by atoms with E-state index in [-0.39, 0.29) is 19.4 Å². The molecule has 208 valence electrons. The van der Waals surface area contributed by atoms with E-state index in [1.807, 2.05) is 0 Å². The maximum absolute atomic E-state index is 12.4. The number of nitrogens with one attached hydrogen (secondary N) is 2. The molecule has 0 bridgehead atoms. The molecule has 0 radical (unpaired) electrons. The minimum Gasteiger partial charge on any atom is -0.394 e. The van der Waals surface area contributed by atoms with Gasteiger partial charge in [0.05, 0.1) is 19.3 Å². The van der Waals surface area contributed by atoms with Crippen LogP contribution >= 0.6 is 0 Å². The van der Waals surface area contributed by atoms with Gasteiger partial charge in [-0.05, 0) is 26.2 Å². The Morgan fingerprint density at radius 2 is 1.69 bits per heavy atom. The maximum atomic E-state index is 12.4. The lowest BCUT2D eigenvalue weighted by molar-refractivity contribution is -0.344. The number of hydrogen-bond acceptors (Lipinski definition) is 11. The number of aliphatic hydroxyl groups is 4. The summed E-state index contributed by atoms with van der Waals surface area (Å²) in [7, 11) is 0. The Hall–Kier alpha value is -2.20. The van der Waals surface area contributed by atoms with Gasteiger partial charge in [-0.2, -0.15) is 0 Å². The fourth-order valence-electron chi connectivity index (χ4n) is 3.65. The fourth-order valence-corrected chi connectivity index (χ4v) is 3.65. The van der Waals surface area contributed by atoms with Gasteiger partial charge in [-0.3, -0.25) is 19.2 Å². The Kier molecular flexibility index (Phi) is 13.4. The molecule has 1 saturated heterocycles. The molecule has 7 atom stereocenters. The lowest BCUT2D eigenvalue weighted by Gasteiger charge is -2.46. The normalized spacial score (nSPS) is 27.6. The largest absolute Gasteiger partial charge is 0.394 e. The molecule has 0 spiro atoms. The third kappa shape index (κ3) is 9.03. The molecule has 1 aliphatic heterocycles. The zero-order chi connectivity index (χ0) is 27.5. The quantitative estimate of drug-likeness (QED) is 0.0929. The lowest BCUT2D eigenvalue weighted by atomic mass is 9.90. The molecule has 0 saturated carbocycles. The van der Waals surface area contributed by atoms with Gasteiger partial charge < -0.3 is 52.0 Å². The van der Waals surface area contributed by atoms with E-state index in [1.54, 1.807) is 0 Å². The third-order valence-corrected chi connectivity index (χ3v) is 5.85. The van der Waals surface area contributed by atoms with Crippen molar-refractivity contribution in [3.63, 3.8) is 0 Å². The van der Waals surface area contributed by atoms with Gasteiger partial charge >= 0.3 is 0 Å². The first kappa shape index (κ1) is 31.8. The van der Waals surface area contributed by atoms with E-state index >= 15 is 0 Å². The minimum atomic E-state index is -2.20. The van der Waals surface area contributed by atoms with Gasteiger partial charge in [0, 0.05) is 19.9 Å². The molecule has 1 aliphatic rings. The third-order valence-electron chi connectivity index (χ3n) is 5.85. The zero-order valence-corrected chi connectivity index (χ0v) is 20.7. The molecule has 1 rings (SSSR count). The van der Waals surface area contributed by atoms with Crippen LogP contribution in [0.25, 0.3) is 0 Å². The van der Waals surface area contributed by atoms with E-state index in [1.165, 1.54) is 6.92 Å². The second-order valence-corrected chi connectivity index (χ2v) is 8.90. The number of ketones is 1. The Bertz CT molecular complexity index is 750. The van der Waals surface area contributed by atoms with Crippen LogP contribution in [0.4, 0.5) is 0 Å². The van der Waals surface area contributed by atoms with Crippen molar-refractivity contribution in [3.8, 4) is 0 Å². The second kappa shape index (κ2) is 15.1. The first-order valence-corrected chi connectivity index (χ1v) is 12.0. The molecule has 14 nitrogen and oxygen atoms in total. The summed E-state index contributed by atoms with van der Waals surface area (Å²) in [5, 5.41) is 44.7. The topological polar surface area (TPSA) is 244 Å². The van der Waals surface area contributed by atoms with Gasteiger partial charge in [0.15, 0.2) is 5.78 Å². The highest BCUT2D eigenvalue weighted by Gasteiger charge is 2.57. The summed E-state index contributed by atoms with van der Waals surface area (Å²) in [6.07, 6.45) is -4.17. The van der Waals surface area contributed by atoms with E-state index in [0.29, 0.717) is 32.2 Å². The lowest BCUT2D eigenvalue weighted by Crippen LogP contribution is -2.68. The predicted octanol–water partition coefficient (Wildman–Crippen LogP) is -3.46. The Balaban J connectivity index is 2.44. The number of ether oxygens (including phenoxy) is 2. The van der Waals surface area contributed by atoms with Crippen LogP contribution in [-0.2, 0) is 28.7 Å². The molecule has 14 heteroatoms. The van der Waals surface area contributed by atoms with Crippen molar-refractivity contribution in [2.45, 2.75) is 94.7 Å². The summed E-state index contributed by atoms with van der Waals surface area (Å²) in [6.45, 7) is 2.19. The number of primary amides is 1. The number of nitrogens with two attached hydrogens (primary N) is 2. The molecular formula is C22H40N4O10. The predicted molar refractivity (Wildman–Crippen MR) is 125 cm³/mol. The van der Waals surface area contributed by atoms with Crippen molar-refractivity contribution in [2.75, 3.05) is 19.8 Å². The summed E-state index contributed by atoms with van der Waals surface area (Å²) in [4.78, 5) is 47.4. The van der Waals surface area contributed by atoms with Gasteiger partial charge in [-0.15, -0.1) is 0 Å². The maximum Gasteiger partial charge on any atom is 0.258 e. The Morgan fingerprint density at radius 3 is 2.25 bits per heavy atom. The smallest absolute Gasteiger partial charge is 0.258 e. The van der Waals surface area contributed by atoms with Crippen LogP contribution in [0.1, 0.15) is 52.4 Å².